The molecular weight excluding hydrogens is 292 g/mol. The molecule has 1 unspecified atom stereocenters. The van der Waals surface area contributed by atoms with Gasteiger partial charge in [0.2, 0.25) is 0 Å². The van der Waals surface area contributed by atoms with Crippen molar-refractivity contribution in [3.05, 3.63) is 63.2 Å². The number of nitro groups is 1. The highest BCUT2D eigenvalue weighted by Gasteiger charge is 2.17. The number of phenolic OH excluding ortho intramolecular Hbond substituents is 1. The third kappa shape index (κ3) is 3.64. The maximum Gasteiger partial charge on any atom is 0.292 e. The van der Waals surface area contributed by atoms with Gasteiger partial charge in [0.1, 0.15) is 11.4 Å². The Bertz CT molecular complexity index is 644. The van der Waals surface area contributed by atoms with Gasteiger partial charge in [0.25, 0.3) is 5.69 Å². The van der Waals surface area contributed by atoms with E-state index in [4.69, 9.17) is 11.6 Å². The predicted octanol–water partition coefficient (Wildman–Crippen LogP) is 4.52. The van der Waals surface area contributed by atoms with Gasteiger partial charge in [-0.15, -0.1) is 0 Å². The van der Waals surface area contributed by atoms with Gasteiger partial charge in [-0.2, -0.15) is 0 Å². The van der Waals surface area contributed by atoms with Crippen LogP contribution in [0.15, 0.2) is 42.5 Å². The van der Waals surface area contributed by atoms with Crippen LogP contribution in [0.2, 0.25) is 5.02 Å². The van der Waals surface area contributed by atoms with Crippen LogP contribution in [0.4, 0.5) is 11.4 Å². The summed E-state index contributed by atoms with van der Waals surface area (Å²) in [6.45, 7) is 1.97. The molecule has 0 amide bonds. The van der Waals surface area contributed by atoms with Crippen LogP contribution in [0, 0.1) is 10.1 Å². The number of phenols is 1. The van der Waals surface area contributed by atoms with Crippen LogP contribution >= 0.6 is 11.6 Å². The van der Waals surface area contributed by atoms with Crippen LogP contribution in [0.3, 0.4) is 0 Å². The molecule has 21 heavy (non-hydrogen) atoms. The summed E-state index contributed by atoms with van der Waals surface area (Å²) < 4.78 is 0. The topological polar surface area (TPSA) is 75.4 Å². The van der Waals surface area contributed by atoms with Crippen LogP contribution in [0.25, 0.3) is 0 Å². The number of aromatic hydroxyl groups is 1. The highest BCUT2D eigenvalue weighted by atomic mass is 35.5. The lowest BCUT2D eigenvalue weighted by molar-refractivity contribution is -0.384. The summed E-state index contributed by atoms with van der Waals surface area (Å²) in [5.74, 6) is 0.183. The van der Waals surface area contributed by atoms with E-state index in [0.717, 1.165) is 12.0 Å². The van der Waals surface area contributed by atoms with E-state index in [9.17, 15) is 15.2 Å². The van der Waals surface area contributed by atoms with Gasteiger partial charge < -0.3 is 10.4 Å². The number of rotatable bonds is 5. The number of anilines is 1. The Morgan fingerprint density at radius 1 is 1.29 bits per heavy atom. The molecule has 0 aliphatic rings. The first kappa shape index (κ1) is 15.1. The zero-order chi connectivity index (χ0) is 15.4. The molecule has 1 atom stereocenters. The molecule has 0 heterocycles. The number of nitro benzene ring substituents is 1. The number of nitrogens with zero attached hydrogens (tertiary/aromatic N) is 1. The van der Waals surface area contributed by atoms with Crippen molar-refractivity contribution in [1.82, 2.24) is 0 Å². The molecule has 0 fully saturated rings. The SMILES string of the molecule is CCC(Nc1cc(Cl)ccc1[N+](=O)[O-])c1ccc(O)cc1. The van der Waals surface area contributed by atoms with Crippen molar-refractivity contribution in [1.29, 1.82) is 0 Å². The molecule has 110 valence electrons. The highest BCUT2D eigenvalue weighted by molar-refractivity contribution is 6.31. The average molecular weight is 307 g/mol. The fourth-order valence-corrected chi connectivity index (χ4v) is 2.27. The molecule has 0 saturated heterocycles. The Labute approximate surface area is 127 Å². The smallest absolute Gasteiger partial charge is 0.292 e. The fraction of sp³-hybridized carbons (Fsp3) is 0.200. The fourth-order valence-electron chi connectivity index (χ4n) is 2.10. The molecule has 0 aliphatic carbocycles. The number of hydrogen-bond donors (Lipinski definition) is 2. The van der Waals surface area contributed by atoms with Gasteiger partial charge in [0.15, 0.2) is 0 Å². The zero-order valence-corrected chi connectivity index (χ0v) is 12.2. The monoisotopic (exact) mass is 306 g/mol. The van der Waals surface area contributed by atoms with Crippen molar-refractivity contribution in [2.75, 3.05) is 5.32 Å². The molecule has 0 aliphatic heterocycles. The van der Waals surface area contributed by atoms with Crippen molar-refractivity contribution >= 4 is 23.0 Å². The second-order valence-electron chi connectivity index (χ2n) is 4.62. The van der Waals surface area contributed by atoms with E-state index in [2.05, 4.69) is 5.32 Å². The molecule has 6 heteroatoms. The minimum absolute atomic E-state index is 0.0170. The van der Waals surface area contributed by atoms with Gasteiger partial charge in [0, 0.05) is 11.1 Å². The number of hydrogen-bond acceptors (Lipinski definition) is 4. The van der Waals surface area contributed by atoms with E-state index in [0.29, 0.717) is 10.7 Å². The Hall–Kier alpha value is -2.27. The minimum Gasteiger partial charge on any atom is -0.508 e. The maximum absolute atomic E-state index is 11.1. The van der Waals surface area contributed by atoms with Crippen LogP contribution in [0.1, 0.15) is 24.9 Å². The molecule has 5 nitrogen and oxygen atoms in total. The quantitative estimate of drug-likeness (QED) is 0.629. The van der Waals surface area contributed by atoms with Crippen LogP contribution in [-0.4, -0.2) is 10.0 Å². The summed E-state index contributed by atoms with van der Waals surface area (Å²) in [4.78, 5) is 10.6. The van der Waals surface area contributed by atoms with Crippen molar-refractivity contribution in [2.24, 2.45) is 0 Å². The third-order valence-electron chi connectivity index (χ3n) is 3.19. The number of nitrogens with one attached hydrogen (secondary N) is 1. The van der Waals surface area contributed by atoms with E-state index in [1.165, 1.54) is 12.1 Å². The Kier molecular flexibility index (Phi) is 4.65. The lowest BCUT2D eigenvalue weighted by Crippen LogP contribution is -2.11. The maximum atomic E-state index is 11.1. The lowest BCUT2D eigenvalue weighted by Gasteiger charge is -2.19. The Balaban J connectivity index is 2.32. The Morgan fingerprint density at radius 2 is 1.95 bits per heavy atom. The van der Waals surface area contributed by atoms with E-state index in [1.807, 2.05) is 6.92 Å². The van der Waals surface area contributed by atoms with Crippen LogP contribution in [-0.2, 0) is 0 Å². The average Bonchev–Trinajstić information content (AvgIpc) is 2.45. The van der Waals surface area contributed by atoms with Gasteiger partial charge in [-0.25, -0.2) is 0 Å². The van der Waals surface area contributed by atoms with E-state index >= 15 is 0 Å². The number of benzene rings is 2. The second-order valence-corrected chi connectivity index (χ2v) is 5.05. The van der Waals surface area contributed by atoms with Gasteiger partial charge in [0.05, 0.1) is 11.0 Å². The van der Waals surface area contributed by atoms with Crippen molar-refractivity contribution in [2.45, 2.75) is 19.4 Å². The molecular formula is C15H15ClN2O3. The molecule has 2 rings (SSSR count). The molecule has 0 radical (unpaired) electrons. The normalized spacial score (nSPS) is 11.9. The Morgan fingerprint density at radius 3 is 2.52 bits per heavy atom. The third-order valence-corrected chi connectivity index (χ3v) is 3.42. The first-order chi connectivity index (χ1) is 10.0. The molecule has 0 spiro atoms. The van der Waals surface area contributed by atoms with Gasteiger partial charge in [-0.05, 0) is 36.2 Å². The molecule has 0 aromatic heterocycles. The first-order valence-electron chi connectivity index (χ1n) is 6.50. The molecule has 2 N–H and O–H groups in total. The van der Waals surface area contributed by atoms with E-state index < -0.39 is 4.92 Å². The summed E-state index contributed by atoms with van der Waals surface area (Å²) in [5.41, 5.74) is 1.30. The summed E-state index contributed by atoms with van der Waals surface area (Å²) in [6.07, 6.45) is 0.731. The summed E-state index contributed by atoms with van der Waals surface area (Å²) in [7, 11) is 0. The molecule has 2 aromatic carbocycles. The highest BCUT2D eigenvalue weighted by Crippen LogP contribution is 2.32. The van der Waals surface area contributed by atoms with E-state index in [-0.39, 0.29) is 17.5 Å². The predicted molar refractivity (Wildman–Crippen MR) is 82.9 cm³/mol. The summed E-state index contributed by atoms with van der Waals surface area (Å²) in [6, 6.07) is 11.1. The standard InChI is InChI=1S/C15H15ClN2O3/c1-2-13(10-3-6-12(19)7-4-10)17-14-9-11(16)5-8-15(14)18(20)21/h3-9,13,17,19H,2H2,1H3. The van der Waals surface area contributed by atoms with Crippen LogP contribution < -0.4 is 5.32 Å². The van der Waals surface area contributed by atoms with Gasteiger partial charge in [-0.1, -0.05) is 30.7 Å². The molecule has 0 saturated carbocycles. The van der Waals surface area contributed by atoms with Crippen molar-refractivity contribution < 1.29 is 10.0 Å². The molecule has 0 bridgehead atoms. The summed E-state index contributed by atoms with van der Waals surface area (Å²) in [5, 5.41) is 24.0. The van der Waals surface area contributed by atoms with E-state index in [1.54, 1.807) is 30.3 Å². The van der Waals surface area contributed by atoms with Crippen LogP contribution in [0.5, 0.6) is 5.75 Å². The first-order valence-corrected chi connectivity index (χ1v) is 6.88. The molecule has 2 aromatic rings. The zero-order valence-electron chi connectivity index (χ0n) is 11.4. The summed E-state index contributed by atoms with van der Waals surface area (Å²) >= 11 is 5.92. The second kappa shape index (κ2) is 6.45. The van der Waals surface area contributed by atoms with Gasteiger partial charge in [-0.3, -0.25) is 10.1 Å². The number of halogens is 1. The lowest BCUT2D eigenvalue weighted by atomic mass is 10.0. The largest absolute Gasteiger partial charge is 0.508 e. The van der Waals surface area contributed by atoms with Crippen molar-refractivity contribution in [3.8, 4) is 5.75 Å². The van der Waals surface area contributed by atoms with Crippen molar-refractivity contribution in [3.63, 3.8) is 0 Å². The van der Waals surface area contributed by atoms with Gasteiger partial charge >= 0.3 is 0 Å². The minimum atomic E-state index is -0.442.